The number of rotatable bonds is 3. The lowest BCUT2D eigenvalue weighted by molar-refractivity contribution is -0.111. The van der Waals surface area contributed by atoms with Gasteiger partial charge in [0, 0.05) is 12.5 Å². The summed E-state index contributed by atoms with van der Waals surface area (Å²) in [4.78, 5) is 28.6. The number of Topliss-reactive ketones (excluding diaryl/α,β-unsaturated/α-hetero) is 1. The molecule has 2 aromatic rings. The minimum absolute atomic E-state index is 0.133. The predicted octanol–water partition coefficient (Wildman–Crippen LogP) is 3.31. The summed E-state index contributed by atoms with van der Waals surface area (Å²) in [6, 6.07) is 9.60. The highest BCUT2D eigenvalue weighted by molar-refractivity contribution is 7.17. The number of nitrogens with one attached hydrogen (secondary N) is 1. The van der Waals surface area contributed by atoms with Crippen LogP contribution in [-0.4, -0.2) is 16.7 Å². The summed E-state index contributed by atoms with van der Waals surface area (Å²) >= 11 is 1.27. The number of nitrogens with zero attached hydrogens (tertiary/aromatic N) is 1. The second-order valence-electron chi connectivity index (χ2n) is 4.80. The molecule has 1 aliphatic rings. The molecule has 5 heteroatoms. The number of hydrogen-bond donors (Lipinski definition) is 1. The number of hydrogen-bond acceptors (Lipinski definition) is 4. The normalized spacial score (nSPS) is 14.2. The van der Waals surface area contributed by atoms with Crippen molar-refractivity contribution in [3.63, 3.8) is 0 Å². The van der Waals surface area contributed by atoms with Gasteiger partial charge in [-0.15, -0.1) is 0 Å². The molecule has 0 bridgehead atoms. The van der Waals surface area contributed by atoms with Gasteiger partial charge in [-0.1, -0.05) is 41.7 Å². The van der Waals surface area contributed by atoms with Gasteiger partial charge >= 0.3 is 0 Å². The molecular weight excluding hydrogens is 284 g/mol. The number of aromatic nitrogens is 1. The molecule has 1 aromatic carbocycles. The first-order valence-electron chi connectivity index (χ1n) is 6.79. The maximum atomic E-state index is 11.9. The number of anilines is 1. The number of benzene rings is 1. The van der Waals surface area contributed by atoms with E-state index in [9.17, 15) is 9.59 Å². The fourth-order valence-corrected chi connectivity index (χ4v) is 3.19. The van der Waals surface area contributed by atoms with E-state index in [2.05, 4.69) is 10.3 Å². The van der Waals surface area contributed by atoms with Crippen LogP contribution >= 0.6 is 11.3 Å². The van der Waals surface area contributed by atoms with Crippen LogP contribution < -0.4 is 5.32 Å². The number of ketones is 1. The minimum Gasteiger partial charge on any atom is -0.298 e. The van der Waals surface area contributed by atoms with Crippen molar-refractivity contribution in [3.8, 4) is 0 Å². The van der Waals surface area contributed by atoms with Gasteiger partial charge in [0.1, 0.15) is 0 Å². The Balaban J connectivity index is 1.68. The van der Waals surface area contributed by atoms with E-state index in [1.807, 2.05) is 30.3 Å². The molecule has 21 heavy (non-hydrogen) atoms. The molecule has 0 spiro atoms. The van der Waals surface area contributed by atoms with Gasteiger partial charge in [0.2, 0.25) is 5.91 Å². The third kappa shape index (κ3) is 3.25. The summed E-state index contributed by atoms with van der Waals surface area (Å²) in [7, 11) is 0. The summed E-state index contributed by atoms with van der Waals surface area (Å²) in [6.07, 6.45) is 5.45. The van der Waals surface area contributed by atoms with Crippen molar-refractivity contribution in [1.82, 2.24) is 4.98 Å². The van der Waals surface area contributed by atoms with Crippen LogP contribution in [0.25, 0.3) is 6.08 Å². The van der Waals surface area contributed by atoms with E-state index < -0.39 is 0 Å². The molecule has 3 rings (SSSR count). The van der Waals surface area contributed by atoms with Crippen LogP contribution in [0.1, 0.15) is 33.8 Å². The molecule has 0 saturated carbocycles. The highest BCUT2D eigenvalue weighted by atomic mass is 32.1. The highest BCUT2D eigenvalue weighted by Crippen LogP contribution is 2.29. The monoisotopic (exact) mass is 298 g/mol. The van der Waals surface area contributed by atoms with Crippen molar-refractivity contribution < 1.29 is 9.59 Å². The zero-order valence-electron chi connectivity index (χ0n) is 11.3. The summed E-state index contributed by atoms with van der Waals surface area (Å²) in [5.41, 5.74) is 1.78. The molecular formula is C16H14N2O2S. The summed E-state index contributed by atoms with van der Waals surface area (Å²) in [6.45, 7) is 0. The Hall–Kier alpha value is -2.27. The van der Waals surface area contributed by atoms with Gasteiger partial charge < -0.3 is 0 Å². The fraction of sp³-hybridized carbons (Fsp3) is 0.188. The lowest BCUT2D eigenvalue weighted by Gasteiger charge is -2.05. The van der Waals surface area contributed by atoms with E-state index in [1.165, 1.54) is 17.4 Å². The Bertz CT molecular complexity index is 704. The SMILES string of the molecule is O=C(/C=C/c1ccccc1)Nc1nc2c(s1)C(=O)CCC2. The third-order valence-corrected chi connectivity index (χ3v) is 4.28. The Morgan fingerprint density at radius 3 is 2.81 bits per heavy atom. The number of thiazole rings is 1. The van der Waals surface area contributed by atoms with Gasteiger partial charge in [-0.25, -0.2) is 4.98 Å². The Morgan fingerprint density at radius 1 is 1.24 bits per heavy atom. The van der Waals surface area contributed by atoms with E-state index in [1.54, 1.807) is 6.08 Å². The molecule has 0 unspecified atom stereocenters. The topological polar surface area (TPSA) is 59.1 Å². The molecule has 1 heterocycles. The van der Waals surface area contributed by atoms with Gasteiger partial charge in [-0.3, -0.25) is 14.9 Å². The van der Waals surface area contributed by atoms with Crippen LogP contribution in [0.5, 0.6) is 0 Å². The standard InChI is InChI=1S/C16H14N2O2S/c19-13-8-4-7-12-15(13)21-16(17-12)18-14(20)10-9-11-5-2-1-3-6-11/h1-3,5-6,9-10H,4,7-8H2,(H,17,18,20)/b10-9+. The summed E-state index contributed by atoms with van der Waals surface area (Å²) < 4.78 is 0. The van der Waals surface area contributed by atoms with Crippen LogP contribution in [0.15, 0.2) is 36.4 Å². The van der Waals surface area contributed by atoms with E-state index in [4.69, 9.17) is 0 Å². The first-order chi connectivity index (χ1) is 10.2. The molecule has 1 aromatic heterocycles. The zero-order valence-corrected chi connectivity index (χ0v) is 12.2. The number of aryl methyl sites for hydroxylation is 1. The predicted molar refractivity (Wildman–Crippen MR) is 83.5 cm³/mol. The summed E-state index contributed by atoms with van der Waals surface area (Å²) in [5, 5.41) is 3.22. The quantitative estimate of drug-likeness (QED) is 0.884. The lowest BCUT2D eigenvalue weighted by Crippen LogP contribution is -2.08. The van der Waals surface area contributed by atoms with Crippen molar-refractivity contribution in [3.05, 3.63) is 52.5 Å². The second-order valence-corrected chi connectivity index (χ2v) is 5.80. The largest absolute Gasteiger partial charge is 0.298 e. The third-order valence-electron chi connectivity index (χ3n) is 3.22. The maximum absolute atomic E-state index is 11.9. The fourth-order valence-electron chi connectivity index (χ4n) is 2.21. The van der Waals surface area contributed by atoms with Gasteiger partial charge in [-0.2, -0.15) is 0 Å². The first kappa shape index (κ1) is 13.7. The van der Waals surface area contributed by atoms with Crippen molar-refractivity contribution in [1.29, 1.82) is 0 Å². The van der Waals surface area contributed by atoms with Gasteiger partial charge in [0.05, 0.1) is 10.6 Å². The molecule has 0 radical (unpaired) electrons. The van der Waals surface area contributed by atoms with Crippen molar-refractivity contribution in [2.75, 3.05) is 5.32 Å². The second kappa shape index (κ2) is 6.01. The van der Waals surface area contributed by atoms with Crippen LogP contribution in [-0.2, 0) is 11.2 Å². The van der Waals surface area contributed by atoms with Crippen LogP contribution in [0.2, 0.25) is 0 Å². The average Bonchev–Trinajstić information content (AvgIpc) is 2.90. The number of fused-ring (bicyclic) bond motifs is 1. The lowest BCUT2D eigenvalue weighted by atomic mass is 10.0. The van der Waals surface area contributed by atoms with E-state index >= 15 is 0 Å². The molecule has 4 nitrogen and oxygen atoms in total. The van der Waals surface area contributed by atoms with Gasteiger partial charge in [-0.05, 0) is 24.5 Å². The molecule has 1 N–H and O–H groups in total. The minimum atomic E-state index is -0.239. The molecule has 1 amide bonds. The van der Waals surface area contributed by atoms with Crippen LogP contribution in [0.3, 0.4) is 0 Å². The Labute approximate surface area is 126 Å². The molecule has 106 valence electrons. The summed E-state index contributed by atoms with van der Waals surface area (Å²) in [5.74, 6) is -0.105. The van der Waals surface area contributed by atoms with Crippen molar-refractivity contribution in [2.45, 2.75) is 19.3 Å². The molecule has 1 aliphatic carbocycles. The van der Waals surface area contributed by atoms with Gasteiger partial charge in [0.15, 0.2) is 10.9 Å². The van der Waals surface area contributed by atoms with E-state index in [0.29, 0.717) is 16.4 Å². The van der Waals surface area contributed by atoms with Crippen LogP contribution in [0.4, 0.5) is 5.13 Å². The maximum Gasteiger partial charge on any atom is 0.250 e. The number of amides is 1. The van der Waals surface area contributed by atoms with E-state index in [-0.39, 0.29) is 11.7 Å². The first-order valence-corrected chi connectivity index (χ1v) is 7.61. The molecule has 0 fully saturated rings. The van der Waals surface area contributed by atoms with Crippen molar-refractivity contribution >= 4 is 34.2 Å². The Kier molecular flexibility index (Phi) is 3.92. The zero-order chi connectivity index (χ0) is 14.7. The highest BCUT2D eigenvalue weighted by Gasteiger charge is 2.22. The number of carbonyl (C=O) groups is 2. The average molecular weight is 298 g/mol. The molecule has 0 saturated heterocycles. The Morgan fingerprint density at radius 2 is 2.05 bits per heavy atom. The smallest absolute Gasteiger partial charge is 0.250 e. The van der Waals surface area contributed by atoms with Gasteiger partial charge in [0.25, 0.3) is 0 Å². The van der Waals surface area contributed by atoms with Crippen molar-refractivity contribution in [2.24, 2.45) is 0 Å². The van der Waals surface area contributed by atoms with E-state index in [0.717, 1.165) is 24.1 Å². The molecule has 0 atom stereocenters. The molecule has 0 aliphatic heterocycles. The number of carbonyl (C=O) groups excluding carboxylic acids is 2. The van der Waals surface area contributed by atoms with Crippen LogP contribution in [0, 0.1) is 0 Å².